The monoisotopic (exact) mass is 237 g/mol. The van der Waals surface area contributed by atoms with Crippen LogP contribution in [0.1, 0.15) is 5.56 Å². The van der Waals surface area contributed by atoms with Crippen LogP contribution in [0.5, 0.6) is 0 Å². The van der Waals surface area contributed by atoms with Gasteiger partial charge in [-0.3, -0.25) is 14.9 Å². The Labute approximate surface area is 97.4 Å². The Hall–Kier alpha value is -1.95. The molecule has 1 aliphatic rings. The first kappa shape index (κ1) is 11.5. The molecular formula is C11H12FN3O2. The molecule has 1 heterocycles. The Morgan fingerprint density at radius 1 is 1.29 bits per heavy atom. The lowest BCUT2D eigenvalue weighted by Crippen LogP contribution is -2.52. The second kappa shape index (κ2) is 4.50. The average molecular weight is 237 g/mol. The van der Waals surface area contributed by atoms with Crippen LogP contribution >= 0.6 is 0 Å². The Balaban J connectivity index is 2.39. The van der Waals surface area contributed by atoms with Gasteiger partial charge in [0.05, 0.1) is 18.8 Å². The van der Waals surface area contributed by atoms with Crippen molar-refractivity contribution in [3.05, 3.63) is 29.6 Å². The van der Waals surface area contributed by atoms with E-state index >= 15 is 0 Å². The molecule has 2 rings (SSSR count). The van der Waals surface area contributed by atoms with E-state index in [9.17, 15) is 14.0 Å². The number of nitrogens with one attached hydrogen (secondary N) is 1. The quantitative estimate of drug-likeness (QED) is 0.695. The van der Waals surface area contributed by atoms with Crippen LogP contribution in [0.15, 0.2) is 18.2 Å². The van der Waals surface area contributed by atoms with Crippen LogP contribution in [0.3, 0.4) is 0 Å². The molecule has 5 nitrogen and oxygen atoms in total. The van der Waals surface area contributed by atoms with E-state index in [2.05, 4.69) is 5.32 Å². The number of anilines is 1. The predicted octanol–water partition coefficient (Wildman–Crippen LogP) is -0.253. The summed E-state index contributed by atoms with van der Waals surface area (Å²) in [6.07, 6.45) is 0. The summed E-state index contributed by atoms with van der Waals surface area (Å²) in [5, 5.41) is 2.16. The van der Waals surface area contributed by atoms with E-state index in [4.69, 9.17) is 5.73 Å². The van der Waals surface area contributed by atoms with Crippen LogP contribution in [0.4, 0.5) is 10.1 Å². The zero-order chi connectivity index (χ0) is 12.4. The van der Waals surface area contributed by atoms with Crippen molar-refractivity contribution in [2.75, 3.05) is 18.0 Å². The van der Waals surface area contributed by atoms with Gasteiger partial charge in [0.25, 0.3) is 0 Å². The van der Waals surface area contributed by atoms with Gasteiger partial charge in [0, 0.05) is 6.54 Å². The maximum atomic E-state index is 13.7. The number of hydrogen-bond donors (Lipinski definition) is 2. The minimum Gasteiger partial charge on any atom is -0.350 e. The smallest absolute Gasteiger partial charge is 0.246 e. The molecule has 17 heavy (non-hydrogen) atoms. The van der Waals surface area contributed by atoms with Gasteiger partial charge in [-0.05, 0) is 11.6 Å². The summed E-state index contributed by atoms with van der Waals surface area (Å²) in [5.41, 5.74) is 6.33. The lowest BCUT2D eigenvalue weighted by Gasteiger charge is -2.29. The van der Waals surface area contributed by atoms with E-state index in [0.717, 1.165) is 0 Å². The highest BCUT2D eigenvalue weighted by Gasteiger charge is 2.25. The summed E-state index contributed by atoms with van der Waals surface area (Å²) in [7, 11) is 0. The van der Waals surface area contributed by atoms with Crippen molar-refractivity contribution in [2.45, 2.75) is 6.54 Å². The third-order valence-electron chi connectivity index (χ3n) is 2.55. The molecule has 0 spiro atoms. The number of carbonyl (C=O) groups is 2. The SMILES string of the molecule is NCc1cccc(F)c1N1CC(=O)NC(=O)C1. The summed E-state index contributed by atoms with van der Waals surface area (Å²) < 4.78 is 13.7. The molecule has 2 amide bonds. The maximum Gasteiger partial charge on any atom is 0.246 e. The molecular weight excluding hydrogens is 225 g/mol. The molecule has 3 N–H and O–H groups in total. The highest BCUT2D eigenvalue weighted by Crippen LogP contribution is 2.24. The van der Waals surface area contributed by atoms with Gasteiger partial charge >= 0.3 is 0 Å². The third-order valence-corrected chi connectivity index (χ3v) is 2.55. The first-order chi connectivity index (χ1) is 8.11. The fourth-order valence-electron chi connectivity index (χ4n) is 1.87. The van der Waals surface area contributed by atoms with E-state index in [1.807, 2.05) is 0 Å². The number of para-hydroxylation sites is 1. The van der Waals surface area contributed by atoms with Crippen molar-refractivity contribution in [3.8, 4) is 0 Å². The molecule has 0 atom stereocenters. The fourth-order valence-corrected chi connectivity index (χ4v) is 1.87. The molecule has 90 valence electrons. The largest absolute Gasteiger partial charge is 0.350 e. The molecule has 1 aromatic rings. The number of rotatable bonds is 2. The van der Waals surface area contributed by atoms with Crippen molar-refractivity contribution in [3.63, 3.8) is 0 Å². The number of imide groups is 1. The zero-order valence-electron chi connectivity index (χ0n) is 9.07. The lowest BCUT2D eigenvalue weighted by molar-refractivity contribution is -0.130. The van der Waals surface area contributed by atoms with Crippen LogP contribution in [-0.4, -0.2) is 24.9 Å². The molecule has 0 saturated carbocycles. The number of nitrogens with zero attached hydrogens (tertiary/aromatic N) is 1. The number of benzene rings is 1. The van der Waals surface area contributed by atoms with Gasteiger partial charge in [-0.2, -0.15) is 0 Å². The standard InChI is InChI=1S/C11H12FN3O2/c12-8-3-1-2-7(4-13)11(8)15-5-9(16)14-10(17)6-15/h1-3H,4-6,13H2,(H,14,16,17). The normalized spacial score (nSPS) is 16.0. The van der Waals surface area contributed by atoms with Gasteiger partial charge in [0.15, 0.2) is 0 Å². The highest BCUT2D eigenvalue weighted by atomic mass is 19.1. The molecule has 1 aromatic carbocycles. The molecule has 0 radical (unpaired) electrons. The van der Waals surface area contributed by atoms with E-state index in [-0.39, 0.29) is 25.3 Å². The summed E-state index contributed by atoms with van der Waals surface area (Å²) in [5.74, 6) is -1.35. The maximum absolute atomic E-state index is 13.7. The van der Waals surface area contributed by atoms with E-state index in [0.29, 0.717) is 5.56 Å². The average Bonchev–Trinajstić information content (AvgIpc) is 2.27. The fraction of sp³-hybridized carbons (Fsp3) is 0.273. The summed E-state index contributed by atoms with van der Waals surface area (Å²) in [6, 6.07) is 4.51. The van der Waals surface area contributed by atoms with Crippen molar-refractivity contribution in [1.82, 2.24) is 5.32 Å². The van der Waals surface area contributed by atoms with Crippen LogP contribution in [0.25, 0.3) is 0 Å². The highest BCUT2D eigenvalue weighted by molar-refractivity contribution is 6.02. The summed E-state index contributed by atoms with van der Waals surface area (Å²) in [4.78, 5) is 23.9. The van der Waals surface area contributed by atoms with E-state index < -0.39 is 17.6 Å². The van der Waals surface area contributed by atoms with E-state index in [1.54, 1.807) is 12.1 Å². The van der Waals surface area contributed by atoms with Gasteiger partial charge in [-0.25, -0.2) is 4.39 Å². The van der Waals surface area contributed by atoms with Gasteiger partial charge < -0.3 is 10.6 Å². The second-order valence-corrected chi connectivity index (χ2v) is 3.78. The van der Waals surface area contributed by atoms with Gasteiger partial charge in [-0.15, -0.1) is 0 Å². The Bertz CT molecular complexity index is 460. The van der Waals surface area contributed by atoms with Gasteiger partial charge in [-0.1, -0.05) is 12.1 Å². The number of carbonyl (C=O) groups excluding carboxylic acids is 2. The summed E-state index contributed by atoms with van der Waals surface area (Å²) >= 11 is 0. The predicted molar refractivity (Wildman–Crippen MR) is 59.7 cm³/mol. The van der Waals surface area contributed by atoms with Crippen molar-refractivity contribution in [2.24, 2.45) is 5.73 Å². The number of nitrogens with two attached hydrogens (primary N) is 1. The van der Waals surface area contributed by atoms with Crippen molar-refractivity contribution < 1.29 is 14.0 Å². The topological polar surface area (TPSA) is 75.4 Å². The summed E-state index contributed by atoms with van der Waals surface area (Å²) in [6.45, 7) is 0.0682. The molecule has 0 bridgehead atoms. The van der Waals surface area contributed by atoms with Crippen LogP contribution in [0.2, 0.25) is 0 Å². The lowest BCUT2D eigenvalue weighted by atomic mass is 10.1. The zero-order valence-corrected chi connectivity index (χ0v) is 9.07. The Morgan fingerprint density at radius 3 is 2.53 bits per heavy atom. The van der Waals surface area contributed by atoms with Crippen molar-refractivity contribution in [1.29, 1.82) is 0 Å². The number of amides is 2. The van der Waals surface area contributed by atoms with Crippen molar-refractivity contribution >= 4 is 17.5 Å². The first-order valence-electron chi connectivity index (χ1n) is 5.17. The third kappa shape index (κ3) is 2.26. The number of hydrogen-bond acceptors (Lipinski definition) is 4. The number of halogens is 1. The Morgan fingerprint density at radius 2 is 1.94 bits per heavy atom. The van der Waals surface area contributed by atoms with Crippen LogP contribution in [0, 0.1) is 5.82 Å². The molecule has 6 heteroatoms. The molecule has 1 fully saturated rings. The molecule has 0 unspecified atom stereocenters. The van der Waals surface area contributed by atoms with Gasteiger partial charge in [0.2, 0.25) is 11.8 Å². The molecule has 0 aliphatic carbocycles. The second-order valence-electron chi connectivity index (χ2n) is 3.78. The molecule has 0 aromatic heterocycles. The minimum atomic E-state index is -0.476. The minimum absolute atomic E-state index is 0.0420. The van der Waals surface area contributed by atoms with Crippen LogP contribution in [-0.2, 0) is 16.1 Å². The molecule has 1 saturated heterocycles. The van der Waals surface area contributed by atoms with Gasteiger partial charge in [0.1, 0.15) is 5.82 Å². The Kier molecular flexibility index (Phi) is 3.06. The molecule has 1 aliphatic heterocycles. The number of piperazine rings is 1. The first-order valence-corrected chi connectivity index (χ1v) is 5.17. The van der Waals surface area contributed by atoms with Crippen LogP contribution < -0.4 is 16.0 Å². The van der Waals surface area contributed by atoms with E-state index in [1.165, 1.54) is 11.0 Å².